The summed E-state index contributed by atoms with van der Waals surface area (Å²) in [6.07, 6.45) is 0. The van der Waals surface area contributed by atoms with Crippen molar-refractivity contribution in [1.82, 2.24) is 0 Å². The van der Waals surface area contributed by atoms with Crippen LogP contribution in [0, 0.1) is 6.92 Å². The van der Waals surface area contributed by atoms with E-state index < -0.39 is 45.0 Å². The van der Waals surface area contributed by atoms with Gasteiger partial charge in [-0.3, -0.25) is 0 Å². The second-order valence-electron chi connectivity index (χ2n) is 5.74. The summed E-state index contributed by atoms with van der Waals surface area (Å²) in [5.41, 5.74) is 0.945. The van der Waals surface area contributed by atoms with Crippen LogP contribution in [0.1, 0.15) is 31.9 Å². The van der Waals surface area contributed by atoms with Crippen molar-refractivity contribution in [2.45, 2.75) is 34.3 Å². The number of benzene rings is 1. The predicted octanol–water partition coefficient (Wildman–Crippen LogP) is 5.12. The Morgan fingerprint density at radius 1 is 0.739 bits per heavy atom. The molecule has 0 aliphatic rings. The molecule has 1 rings (SSSR count). The van der Waals surface area contributed by atoms with Crippen molar-refractivity contribution in [2.75, 3.05) is 19.8 Å². The first kappa shape index (κ1) is 20.7. The molecule has 0 atom stereocenters. The molecule has 0 saturated heterocycles. The molecule has 0 bridgehead atoms. The van der Waals surface area contributed by atoms with E-state index in [0.717, 1.165) is 26.3 Å². The van der Waals surface area contributed by atoms with E-state index in [0.29, 0.717) is 0 Å². The monoisotopic (exact) mass is 422 g/mol. The van der Waals surface area contributed by atoms with Gasteiger partial charge in [0.1, 0.15) is 0 Å². The van der Waals surface area contributed by atoms with E-state index in [1.54, 1.807) is 19.1 Å². The van der Waals surface area contributed by atoms with Crippen molar-refractivity contribution in [3.63, 3.8) is 0 Å². The number of hydrogen-bond acceptors (Lipinski definition) is 4. The van der Waals surface area contributed by atoms with E-state index in [1.807, 2.05) is 0 Å². The van der Waals surface area contributed by atoms with Crippen molar-refractivity contribution in [3.8, 4) is 0 Å². The molecular formula is C14H24F4O4Zr. The normalized spacial score (nSPS) is 19.3. The molecule has 23 heavy (non-hydrogen) atoms. The number of hydrogen-bond donors (Lipinski definition) is 0. The van der Waals surface area contributed by atoms with Crippen LogP contribution in [0.5, 0.6) is 0 Å². The van der Waals surface area contributed by atoms with Crippen LogP contribution in [0.4, 0.5) is 10.5 Å². The topological polar surface area (TPSA) is 36.9 Å². The molecule has 0 aromatic heterocycles. The Labute approximate surface area is 130 Å². The molecule has 0 spiro atoms. The first-order valence-corrected chi connectivity index (χ1v) is 15.3. The molecule has 1 aromatic rings. The molecule has 4 nitrogen and oxygen atoms in total. The third kappa shape index (κ3) is 4.39. The predicted molar refractivity (Wildman–Crippen MR) is 75.3 cm³/mol. The molecule has 0 heterocycles. The van der Waals surface area contributed by atoms with E-state index in [-0.39, 0.29) is 5.56 Å². The summed E-state index contributed by atoms with van der Waals surface area (Å²) in [6, 6.07) is 5.95. The van der Waals surface area contributed by atoms with Crippen LogP contribution >= 0.6 is 0 Å². The molecule has 1 aromatic carbocycles. The standard InChI is InChI=1S/C8H9O.3C2H5O.4FH.Zr/c1-7-2-4-8(6-9)5-3-7;3*1-2-3;;;;;/h2-5H,6H2,1H3;3*2H2,1H3;4*1H;/q4*-1;;;;;+8/p-4. The minimum atomic E-state index is -12.2. The number of halogens is 4. The summed E-state index contributed by atoms with van der Waals surface area (Å²) in [7, 11) is 0. The summed E-state index contributed by atoms with van der Waals surface area (Å²) >= 11 is -12.2. The van der Waals surface area contributed by atoms with Crippen LogP contribution in [0.15, 0.2) is 24.3 Å². The maximum atomic E-state index is 15.3. The molecule has 0 aliphatic heterocycles. The Morgan fingerprint density at radius 3 is 1.48 bits per heavy atom. The fraction of sp³-hybridized carbons (Fsp3) is 0.571. The van der Waals surface area contributed by atoms with Crippen LogP contribution < -0.4 is 0 Å². The van der Waals surface area contributed by atoms with E-state index in [4.69, 9.17) is 0 Å². The van der Waals surface area contributed by atoms with Crippen molar-refractivity contribution >= 4 is 0 Å². The Kier molecular flexibility index (Phi) is 3.99. The first-order valence-electron chi connectivity index (χ1n) is 7.52. The zero-order chi connectivity index (χ0) is 18.0. The van der Waals surface area contributed by atoms with Gasteiger partial charge in [0.05, 0.1) is 0 Å². The maximum absolute atomic E-state index is 15.3. The van der Waals surface area contributed by atoms with Gasteiger partial charge in [-0.25, -0.2) is 0 Å². The molecule has 0 fully saturated rings. The van der Waals surface area contributed by atoms with Crippen LogP contribution in [0.25, 0.3) is 0 Å². The van der Waals surface area contributed by atoms with Crippen molar-refractivity contribution in [1.29, 1.82) is 0 Å². The summed E-state index contributed by atoms with van der Waals surface area (Å²) in [4.78, 5) is 0. The fourth-order valence-corrected chi connectivity index (χ4v) is 10.8. The van der Waals surface area contributed by atoms with Crippen LogP contribution in [0.2, 0.25) is 0 Å². The third-order valence-corrected chi connectivity index (χ3v) is 13.6. The molecule has 136 valence electrons. The van der Waals surface area contributed by atoms with Gasteiger partial charge in [0, 0.05) is 0 Å². The van der Waals surface area contributed by atoms with Gasteiger partial charge in [0.25, 0.3) is 0 Å². The Balaban J connectivity index is 3.44. The second kappa shape index (κ2) is 4.44. The Bertz CT molecular complexity index is 592. The molecular weight excluding hydrogens is 399 g/mol. The molecule has 0 N–H and O–H groups in total. The average molecular weight is 424 g/mol. The van der Waals surface area contributed by atoms with Crippen molar-refractivity contribution in [2.24, 2.45) is 0 Å². The van der Waals surface area contributed by atoms with Crippen LogP contribution in [-0.4, -0.2) is 19.8 Å². The molecule has 0 unspecified atom stereocenters. The molecule has 0 saturated carbocycles. The SMILES string of the molecule is CC[O][Zr]([F])([F])([F])([F])([O]CC)([O]CC)[O]Cc1ccc(C)cc1. The van der Waals surface area contributed by atoms with Gasteiger partial charge in [-0.2, -0.15) is 0 Å². The average Bonchev–Trinajstić information content (AvgIpc) is 2.38. The fourth-order valence-electron chi connectivity index (χ4n) is 2.40. The van der Waals surface area contributed by atoms with Gasteiger partial charge >= 0.3 is 130 Å². The summed E-state index contributed by atoms with van der Waals surface area (Å²) in [6.45, 7) is 0.415. The molecule has 0 amide bonds. The minimum absolute atomic E-state index is 0.102. The van der Waals surface area contributed by atoms with Gasteiger partial charge in [0.2, 0.25) is 0 Å². The summed E-state index contributed by atoms with van der Waals surface area (Å²) in [5, 5.41) is 0. The van der Waals surface area contributed by atoms with E-state index >= 15 is 10.5 Å². The van der Waals surface area contributed by atoms with Crippen molar-refractivity contribution in [3.05, 3.63) is 35.4 Å². The van der Waals surface area contributed by atoms with E-state index in [1.165, 1.54) is 12.1 Å². The first-order chi connectivity index (χ1) is 10.2. The van der Waals surface area contributed by atoms with E-state index in [9.17, 15) is 0 Å². The molecule has 0 aliphatic carbocycles. The Hall–Kier alpha value is -0.337. The van der Waals surface area contributed by atoms with Crippen LogP contribution in [0.3, 0.4) is 0 Å². The van der Waals surface area contributed by atoms with Gasteiger partial charge in [-0.05, 0) is 0 Å². The quantitative estimate of drug-likeness (QED) is 0.517. The molecule has 0 radical (unpaired) electrons. The third-order valence-electron chi connectivity index (χ3n) is 3.37. The Morgan fingerprint density at radius 2 is 1.13 bits per heavy atom. The van der Waals surface area contributed by atoms with Gasteiger partial charge in [-0.1, -0.05) is 0 Å². The van der Waals surface area contributed by atoms with Gasteiger partial charge < -0.3 is 0 Å². The van der Waals surface area contributed by atoms with Gasteiger partial charge in [-0.15, -0.1) is 0 Å². The number of aryl methyl sites for hydroxylation is 1. The zero-order valence-electron chi connectivity index (χ0n) is 13.8. The summed E-state index contributed by atoms with van der Waals surface area (Å²) < 4.78 is 76.4. The zero-order valence-corrected chi connectivity index (χ0v) is 16.2. The second-order valence-corrected chi connectivity index (χ2v) is 19.2. The van der Waals surface area contributed by atoms with Crippen LogP contribution in [-0.2, 0) is 36.4 Å². The van der Waals surface area contributed by atoms with E-state index in [2.05, 4.69) is 11.3 Å². The van der Waals surface area contributed by atoms with Crippen molar-refractivity contribution < 1.29 is 40.3 Å². The molecule has 9 heteroatoms. The number of rotatable bonds is 9. The summed E-state index contributed by atoms with van der Waals surface area (Å²) in [5.74, 6) is 0. The van der Waals surface area contributed by atoms with Gasteiger partial charge in [0.15, 0.2) is 0 Å².